The molecule has 1 aliphatic heterocycles. The normalized spacial score (nSPS) is 19.6. The summed E-state index contributed by atoms with van der Waals surface area (Å²) in [4.78, 5) is 4.41. The number of nitrogens with one attached hydrogen (secondary N) is 2. The lowest BCUT2D eigenvalue weighted by Gasteiger charge is -2.26. The Labute approximate surface area is 204 Å². The molecule has 0 amide bonds. The Balaban J connectivity index is 0.000000816. The third-order valence-electron chi connectivity index (χ3n) is 6.87. The summed E-state index contributed by atoms with van der Waals surface area (Å²) in [5, 5.41) is 7.40. The molecule has 0 bridgehead atoms. The predicted octanol–water partition coefficient (Wildman–Crippen LogP) is 8.90. The number of rotatable bonds is 7. The molecule has 2 aromatic carbocycles. The number of fused-ring (bicyclic) bond motifs is 4. The van der Waals surface area contributed by atoms with Gasteiger partial charge < -0.3 is 15.2 Å². The molecule has 1 aromatic heterocycles. The van der Waals surface area contributed by atoms with Gasteiger partial charge in [0.2, 0.25) is 0 Å². The molecule has 33 heavy (non-hydrogen) atoms. The molecule has 3 aromatic rings. The predicted molar refractivity (Wildman–Crippen MR) is 149 cm³/mol. The summed E-state index contributed by atoms with van der Waals surface area (Å²) < 4.78 is 2.06. The number of benzene rings is 2. The molecule has 0 radical (unpaired) electrons. The van der Waals surface area contributed by atoms with Crippen LogP contribution in [-0.2, 0) is 12.5 Å². The molecule has 184 valence electrons. The van der Waals surface area contributed by atoms with E-state index in [1.165, 1.54) is 44.2 Å². The fraction of sp³-hybridized carbons (Fsp3) is 0.552. The number of anilines is 3. The Kier molecular flexibility index (Phi) is 8.45. The zero-order valence-electron chi connectivity index (χ0n) is 21.8. The lowest BCUT2D eigenvalue weighted by molar-refractivity contribution is 0.346. The minimum absolute atomic E-state index is 0. The van der Waals surface area contributed by atoms with Gasteiger partial charge in [0.1, 0.15) is 0 Å². The summed E-state index contributed by atoms with van der Waals surface area (Å²) >= 11 is 0. The van der Waals surface area contributed by atoms with Crippen molar-refractivity contribution in [3.05, 3.63) is 48.3 Å². The van der Waals surface area contributed by atoms with E-state index in [0.29, 0.717) is 11.5 Å². The third-order valence-corrected chi connectivity index (χ3v) is 6.87. The molecule has 1 saturated carbocycles. The largest absolute Gasteiger partial charge is 0.381 e. The van der Waals surface area contributed by atoms with E-state index in [0.717, 1.165) is 28.3 Å². The highest BCUT2D eigenvalue weighted by Gasteiger charge is 2.63. The van der Waals surface area contributed by atoms with E-state index in [9.17, 15) is 0 Å². The SMILES string of the molecule is CC.CCC.CCCC(CCC)C12CC1Nc1cc(Nc3ccc4ncn(C)c4c3)ccc12.[HH].[HH]. The summed E-state index contributed by atoms with van der Waals surface area (Å²) in [6.45, 7) is 12.9. The van der Waals surface area contributed by atoms with Crippen LogP contribution in [0.15, 0.2) is 42.7 Å². The number of aromatic nitrogens is 2. The fourth-order valence-corrected chi connectivity index (χ4v) is 5.49. The number of nitrogens with zero attached hydrogens (tertiary/aromatic N) is 2. The van der Waals surface area contributed by atoms with Crippen molar-refractivity contribution in [2.45, 2.75) is 91.5 Å². The lowest BCUT2D eigenvalue weighted by Crippen LogP contribution is -2.22. The molecule has 4 heteroatoms. The molecule has 2 atom stereocenters. The maximum absolute atomic E-state index is 4.41. The van der Waals surface area contributed by atoms with Gasteiger partial charge in [-0.3, -0.25) is 0 Å². The Morgan fingerprint density at radius 2 is 1.70 bits per heavy atom. The Bertz CT molecular complexity index is 1040. The first-order valence-electron chi connectivity index (χ1n) is 13.2. The second-order valence-electron chi connectivity index (χ2n) is 9.37. The Morgan fingerprint density at radius 1 is 1.06 bits per heavy atom. The van der Waals surface area contributed by atoms with Crippen molar-refractivity contribution in [2.24, 2.45) is 13.0 Å². The molecule has 1 fully saturated rings. The highest BCUT2D eigenvalue weighted by atomic mass is 15.1. The first kappa shape index (κ1) is 25.1. The van der Waals surface area contributed by atoms with Crippen LogP contribution in [0, 0.1) is 5.92 Å². The molecule has 0 saturated heterocycles. The van der Waals surface area contributed by atoms with Crippen LogP contribution in [0.1, 0.15) is 88.5 Å². The van der Waals surface area contributed by atoms with E-state index in [1.54, 1.807) is 5.56 Å². The van der Waals surface area contributed by atoms with Crippen molar-refractivity contribution in [3.8, 4) is 0 Å². The average Bonchev–Trinajstić information content (AvgIpc) is 3.29. The van der Waals surface area contributed by atoms with Gasteiger partial charge in [0.05, 0.1) is 17.4 Å². The van der Waals surface area contributed by atoms with Gasteiger partial charge in [-0.25, -0.2) is 4.98 Å². The first-order valence-corrected chi connectivity index (χ1v) is 13.2. The average molecular weight is 453 g/mol. The van der Waals surface area contributed by atoms with Crippen molar-refractivity contribution in [3.63, 3.8) is 0 Å². The van der Waals surface area contributed by atoms with Gasteiger partial charge >= 0.3 is 0 Å². The van der Waals surface area contributed by atoms with Gasteiger partial charge in [-0.15, -0.1) is 0 Å². The summed E-state index contributed by atoms with van der Waals surface area (Å²) in [6.07, 6.45) is 9.68. The molecule has 4 nitrogen and oxygen atoms in total. The molecule has 5 rings (SSSR count). The highest BCUT2D eigenvalue weighted by Crippen LogP contribution is 2.63. The fourth-order valence-electron chi connectivity index (χ4n) is 5.49. The zero-order valence-corrected chi connectivity index (χ0v) is 21.8. The topological polar surface area (TPSA) is 41.9 Å². The van der Waals surface area contributed by atoms with Crippen LogP contribution < -0.4 is 10.6 Å². The first-order chi connectivity index (χ1) is 16.1. The summed E-state index contributed by atoms with van der Waals surface area (Å²) in [5.74, 6) is 0.812. The van der Waals surface area contributed by atoms with Crippen LogP contribution in [0.3, 0.4) is 0 Å². The van der Waals surface area contributed by atoms with Crippen LogP contribution in [0.4, 0.5) is 17.1 Å². The monoisotopic (exact) mass is 452 g/mol. The molecule has 2 N–H and O–H groups in total. The standard InChI is InChI=1S/C24H30N4.C3H8.C2H6.2H2/c1-4-6-16(7-5-2)24-14-23(24)27-21-12-17(8-10-19(21)24)26-18-9-11-20-22(13-18)28(3)15-25-20;1-3-2;1-2;;/h8-13,15-16,23,26-27H,4-7,14H2,1-3H3;3H2,1-2H3;1-2H3;2*1H. The maximum Gasteiger partial charge on any atom is 0.0955 e. The minimum atomic E-state index is 0. The van der Waals surface area contributed by atoms with Crippen molar-refractivity contribution in [1.29, 1.82) is 0 Å². The van der Waals surface area contributed by atoms with Gasteiger partial charge in [-0.2, -0.15) is 0 Å². The van der Waals surface area contributed by atoms with E-state index < -0.39 is 0 Å². The second-order valence-corrected chi connectivity index (χ2v) is 9.37. The van der Waals surface area contributed by atoms with Crippen LogP contribution >= 0.6 is 0 Å². The molecule has 0 spiro atoms. The summed E-state index contributed by atoms with van der Waals surface area (Å²) in [6, 6.07) is 13.9. The van der Waals surface area contributed by atoms with E-state index in [4.69, 9.17) is 0 Å². The van der Waals surface area contributed by atoms with Gasteiger partial charge in [-0.05, 0) is 61.1 Å². The van der Waals surface area contributed by atoms with Crippen LogP contribution in [0.2, 0.25) is 0 Å². The Hall–Kier alpha value is -2.49. The van der Waals surface area contributed by atoms with Gasteiger partial charge in [0, 0.05) is 38.4 Å². The summed E-state index contributed by atoms with van der Waals surface area (Å²) in [7, 11) is 2.03. The van der Waals surface area contributed by atoms with Crippen molar-refractivity contribution in [2.75, 3.05) is 10.6 Å². The quantitative estimate of drug-likeness (QED) is 0.376. The zero-order chi connectivity index (χ0) is 24.0. The van der Waals surface area contributed by atoms with Crippen LogP contribution in [0.25, 0.3) is 11.0 Å². The van der Waals surface area contributed by atoms with E-state index in [2.05, 4.69) is 84.3 Å². The minimum Gasteiger partial charge on any atom is -0.381 e. The van der Waals surface area contributed by atoms with Crippen LogP contribution in [-0.4, -0.2) is 15.6 Å². The molecule has 1 aliphatic carbocycles. The number of hydrogen-bond acceptors (Lipinski definition) is 3. The number of aryl methyl sites for hydroxylation is 1. The third kappa shape index (κ3) is 4.90. The Morgan fingerprint density at radius 3 is 2.36 bits per heavy atom. The molecule has 2 heterocycles. The van der Waals surface area contributed by atoms with Gasteiger partial charge in [0.15, 0.2) is 0 Å². The smallest absolute Gasteiger partial charge is 0.0955 e. The highest BCUT2D eigenvalue weighted by molar-refractivity contribution is 5.82. The van der Waals surface area contributed by atoms with E-state index in [-0.39, 0.29) is 2.85 Å². The number of hydrogen-bond donors (Lipinski definition) is 2. The number of imidazole rings is 1. The second kappa shape index (κ2) is 11.1. The van der Waals surface area contributed by atoms with Gasteiger partial charge in [-0.1, -0.05) is 66.9 Å². The van der Waals surface area contributed by atoms with Gasteiger partial charge in [0.25, 0.3) is 0 Å². The van der Waals surface area contributed by atoms with Crippen molar-refractivity contribution >= 4 is 28.1 Å². The van der Waals surface area contributed by atoms with Crippen LogP contribution in [0.5, 0.6) is 0 Å². The summed E-state index contributed by atoms with van der Waals surface area (Å²) in [5.41, 5.74) is 7.70. The molecular weight excluding hydrogens is 404 g/mol. The van der Waals surface area contributed by atoms with Crippen molar-refractivity contribution < 1.29 is 2.85 Å². The van der Waals surface area contributed by atoms with E-state index >= 15 is 0 Å². The molecule has 2 unspecified atom stereocenters. The molecule has 2 aliphatic rings. The lowest BCUT2D eigenvalue weighted by atomic mass is 9.77. The molecular formula is C29H48N4. The maximum atomic E-state index is 4.41. The van der Waals surface area contributed by atoms with Crippen molar-refractivity contribution in [1.82, 2.24) is 9.55 Å². The van der Waals surface area contributed by atoms with E-state index in [1.807, 2.05) is 27.2 Å².